The number of aromatic nitrogens is 1. The molecule has 1 amide bonds. The van der Waals surface area contributed by atoms with E-state index in [-0.39, 0.29) is 11.7 Å². The fourth-order valence-corrected chi connectivity index (χ4v) is 2.55. The lowest BCUT2D eigenvalue weighted by atomic mass is 10.1. The van der Waals surface area contributed by atoms with Crippen molar-refractivity contribution in [3.8, 4) is 11.5 Å². The highest BCUT2D eigenvalue weighted by atomic mass is 19.1. The predicted molar refractivity (Wildman–Crippen MR) is 89.0 cm³/mol. The number of nitrogens with one attached hydrogen (secondary N) is 2. The van der Waals surface area contributed by atoms with Crippen molar-refractivity contribution in [3.63, 3.8) is 0 Å². The van der Waals surface area contributed by atoms with Crippen LogP contribution >= 0.6 is 0 Å². The van der Waals surface area contributed by atoms with E-state index in [9.17, 15) is 9.18 Å². The van der Waals surface area contributed by atoms with Crippen molar-refractivity contribution < 1.29 is 18.7 Å². The largest absolute Gasteiger partial charge is 0.493 e. The van der Waals surface area contributed by atoms with Crippen molar-refractivity contribution in [1.82, 2.24) is 10.3 Å². The van der Waals surface area contributed by atoms with Crippen LogP contribution in [0.1, 0.15) is 15.9 Å². The SMILES string of the molecule is COc1ccc(CNC(=O)c2c[nH]c3cc(F)ccc23)cc1OC. The van der Waals surface area contributed by atoms with E-state index < -0.39 is 0 Å². The Bertz CT molecular complexity index is 889. The summed E-state index contributed by atoms with van der Waals surface area (Å²) in [5, 5.41) is 3.53. The molecule has 0 bridgehead atoms. The summed E-state index contributed by atoms with van der Waals surface area (Å²) in [6, 6.07) is 9.74. The van der Waals surface area contributed by atoms with Crippen LogP contribution in [0.2, 0.25) is 0 Å². The van der Waals surface area contributed by atoms with Crippen LogP contribution in [0.5, 0.6) is 11.5 Å². The number of hydrogen-bond acceptors (Lipinski definition) is 3. The molecule has 5 nitrogen and oxygen atoms in total. The third-order valence-electron chi connectivity index (χ3n) is 3.79. The van der Waals surface area contributed by atoms with Crippen molar-refractivity contribution in [2.45, 2.75) is 6.54 Å². The van der Waals surface area contributed by atoms with Crippen molar-refractivity contribution in [2.24, 2.45) is 0 Å². The molecule has 0 fully saturated rings. The van der Waals surface area contributed by atoms with Crippen LogP contribution < -0.4 is 14.8 Å². The minimum Gasteiger partial charge on any atom is -0.493 e. The number of benzene rings is 2. The van der Waals surface area contributed by atoms with Gasteiger partial charge in [0.15, 0.2) is 11.5 Å². The second-order valence-corrected chi connectivity index (χ2v) is 5.26. The molecule has 24 heavy (non-hydrogen) atoms. The van der Waals surface area contributed by atoms with Crippen LogP contribution in [0.25, 0.3) is 10.9 Å². The summed E-state index contributed by atoms with van der Waals surface area (Å²) in [6.45, 7) is 0.340. The Hall–Kier alpha value is -3.02. The number of carbonyl (C=O) groups excluding carboxylic acids is 1. The van der Waals surface area contributed by atoms with Crippen LogP contribution in [0.3, 0.4) is 0 Å². The molecule has 0 atom stereocenters. The van der Waals surface area contributed by atoms with Gasteiger partial charge in [-0.05, 0) is 35.9 Å². The number of rotatable bonds is 5. The van der Waals surface area contributed by atoms with E-state index in [1.165, 1.54) is 12.1 Å². The number of halogens is 1. The molecular formula is C18H17FN2O3. The van der Waals surface area contributed by atoms with Gasteiger partial charge in [0.1, 0.15) is 5.82 Å². The molecule has 0 saturated carbocycles. The summed E-state index contributed by atoms with van der Waals surface area (Å²) in [7, 11) is 3.13. The fourth-order valence-electron chi connectivity index (χ4n) is 2.55. The number of fused-ring (bicyclic) bond motifs is 1. The Morgan fingerprint density at radius 1 is 1.12 bits per heavy atom. The van der Waals surface area contributed by atoms with E-state index in [4.69, 9.17) is 9.47 Å². The highest BCUT2D eigenvalue weighted by Gasteiger charge is 2.13. The summed E-state index contributed by atoms with van der Waals surface area (Å²) < 4.78 is 23.6. The highest BCUT2D eigenvalue weighted by Crippen LogP contribution is 2.27. The van der Waals surface area contributed by atoms with E-state index >= 15 is 0 Å². The lowest BCUT2D eigenvalue weighted by Gasteiger charge is -2.10. The minimum absolute atomic E-state index is 0.234. The molecular weight excluding hydrogens is 311 g/mol. The van der Waals surface area contributed by atoms with Gasteiger partial charge in [-0.2, -0.15) is 0 Å². The summed E-state index contributed by atoms with van der Waals surface area (Å²) in [5.41, 5.74) is 1.95. The van der Waals surface area contributed by atoms with Crippen molar-refractivity contribution in [2.75, 3.05) is 14.2 Å². The monoisotopic (exact) mass is 328 g/mol. The molecule has 124 valence electrons. The lowest BCUT2D eigenvalue weighted by molar-refractivity contribution is 0.0952. The van der Waals surface area contributed by atoms with E-state index in [2.05, 4.69) is 10.3 Å². The Balaban J connectivity index is 1.75. The molecule has 2 N–H and O–H groups in total. The fraction of sp³-hybridized carbons (Fsp3) is 0.167. The van der Waals surface area contributed by atoms with Gasteiger partial charge in [-0.1, -0.05) is 6.07 Å². The third-order valence-corrected chi connectivity index (χ3v) is 3.79. The van der Waals surface area contributed by atoms with Crippen molar-refractivity contribution in [1.29, 1.82) is 0 Å². The Kier molecular flexibility index (Phi) is 4.37. The number of H-pyrrole nitrogens is 1. The van der Waals surface area contributed by atoms with Gasteiger partial charge in [0, 0.05) is 23.6 Å². The first kappa shape index (κ1) is 15.9. The van der Waals surface area contributed by atoms with Crippen LogP contribution in [0, 0.1) is 5.82 Å². The second kappa shape index (κ2) is 6.62. The van der Waals surface area contributed by atoms with Gasteiger partial charge in [0.2, 0.25) is 0 Å². The van der Waals surface area contributed by atoms with Gasteiger partial charge in [-0.25, -0.2) is 4.39 Å². The smallest absolute Gasteiger partial charge is 0.253 e. The molecule has 0 aliphatic carbocycles. The average Bonchev–Trinajstić information content (AvgIpc) is 3.02. The summed E-state index contributed by atoms with van der Waals surface area (Å²) >= 11 is 0. The standard InChI is InChI=1S/C18H17FN2O3/c1-23-16-6-3-11(7-17(16)24-2)9-21-18(22)14-10-20-15-8-12(19)4-5-13(14)15/h3-8,10,20H,9H2,1-2H3,(H,21,22). The zero-order valence-electron chi connectivity index (χ0n) is 13.4. The first-order chi connectivity index (χ1) is 11.6. The molecule has 0 aliphatic rings. The Morgan fingerprint density at radius 3 is 2.67 bits per heavy atom. The number of carbonyl (C=O) groups is 1. The number of amides is 1. The predicted octanol–water partition coefficient (Wildman–Crippen LogP) is 3.25. The number of ether oxygens (including phenoxy) is 2. The maximum atomic E-state index is 13.2. The molecule has 1 heterocycles. The molecule has 0 unspecified atom stereocenters. The first-order valence-electron chi connectivity index (χ1n) is 7.38. The average molecular weight is 328 g/mol. The van der Waals surface area contributed by atoms with Gasteiger partial charge in [0.25, 0.3) is 5.91 Å². The molecule has 3 rings (SSSR count). The van der Waals surface area contributed by atoms with Gasteiger partial charge in [-0.15, -0.1) is 0 Å². The van der Waals surface area contributed by atoms with Crippen molar-refractivity contribution >= 4 is 16.8 Å². The maximum absolute atomic E-state index is 13.2. The summed E-state index contributed by atoms with van der Waals surface area (Å²) in [4.78, 5) is 15.3. The molecule has 6 heteroatoms. The van der Waals surface area contributed by atoms with E-state index in [0.717, 1.165) is 5.56 Å². The van der Waals surface area contributed by atoms with Crippen LogP contribution in [0.4, 0.5) is 4.39 Å². The first-order valence-corrected chi connectivity index (χ1v) is 7.38. The molecule has 0 radical (unpaired) electrons. The second-order valence-electron chi connectivity index (χ2n) is 5.26. The van der Waals surface area contributed by atoms with E-state index in [1.54, 1.807) is 32.5 Å². The zero-order valence-corrected chi connectivity index (χ0v) is 13.4. The van der Waals surface area contributed by atoms with Crippen LogP contribution in [0.15, 0.2) is 42.6 Å². The van der Waals surface area contributed by atoms with E-state index in [1.807, 2.05) is 12.1 Å². The molecule has 3 aromatic rings. The van der Waals surface area contributed by atoms with Crippen LogP contribution in [-0.4, -0.2) is 25.1 Å². The van der Waals surface area contributed by atoms with Crippen molar-refractivity contribution in [3.05, 3.63) is 59.5 Å². The van der Waals surface area contributed by atoms with Crippen LogP contribution in [-0.2, 0) is 6.54 Å². The molecule has 0 spiro atoms. The molecule has 2 aromatic carbocycles. The third kappa shape index (κ3) is 3.03. The van der Waals surface area contributed by atoms with Gasteiger partial charge in [0.05, 0.1) is 19.8 Å². The highest BCUT2D eigenvalue weighted by molar-refractivity contribution is 6.06. The summed E-state index contributed by atoms with van der Waals surface area (Å²) in [5.74, 6) is 0.655. The number of hydrogen-bond donors (Lipinski definition) is 2. The zero-order chi connectivity index (χ0) is 17.1. The lowest BCUT2D eigenvalue weighted by Crippen LogP contribution is -2.22. The molecule has 1 aromatic heterocycles. The number of methoxy groups -OCH3 is 2. The quantitative estimate of drug-likeness (QED) is 0.756. The summed E-state index contributed by atoms with van der Waals surface area (Å²) in [6.07, 6.45) is 1.58. The number of aromatic amines is 1. The topological polar surface area (TPSA) is 63.3 Å². The molecule has 0 saturated heterocycles. The Labute approximate surface area is 138 Å². The minimum atomic E-state index is -0.346. The molecule has 0 aliphatic heterocycles. The normalized spacial score (nSPS) is 10.6. The van der Waals surface area contributed by atoms with Gasteiger partial charge < -0.3 is 19.8 Å². The maximum Gasteiger partial charge on any atom is 0.253 e. The van der Waals surface area contributed by atoms with Gasteiger partial charge >= 0.3 is 0 Å². The Morgan fingerprint density at radius 2 is 1.92 bits per heavy atom. The van der Waals surface area contributed by atoms with Gasteiger partial charge in [-0.3, -0.25) is 4.79 Å². The van der Waals surface area contributed by atoms with E-state index in [0.29, 0.717) is 34.5 Å².